The average molecular weight is 289 g/mol. The van der Waals surface area contributed by atoms with E-state index in [0.29, 0.717) is 17.2 Å². The van der Waals surface area contributed by atoms with E-state index < -0.39 is 0 Å². The van der Waals surface area contributed by atoms with Crippen LogP contribution in [-0.2, 0) is 0 Å². The van der Waals surface area contributed by atoms with E-state index in [1.165, 1.54) is 6.07 Å². The minimum atomic E-state index is -0.257. The number of rotatable bonds is 5. The zero-order valence-corrected chi connectivity index (χ0v) is 12.7. The smallest absolute Gasteiger partial charge is 0.161 e. The van der Waals surface area contributed by atoms with Crippen LogP contribution in [0.3, 0.4) is 0 Å². The number of benzene rings is 2. The Morgan fingerprint density at radius 3 is 2.38 bits per heavy atom. The molecule has 4 heteroatoms. The fourth-order valence-corrected chi connectivity index (χ4v) is 2.19. The van der Waals surface area contributed by atoms with Crippen LogP contribution in [0.4, 0.5) is 10.1 Å². The van der Waals surface area contributed by atoms with Crippen LogP contribution in [-0.4, -0.2) is 14.2 Å². The maximum absolute atomic E-state index is 13.8. The second-order valence-corrected chi connectivity index (χ2v) is 4.96. The van der Waals surface area contributed by atoms with Crippen molar-refractivity contribution < 1.29 is 13.9 Å². The molecule has 0 aliphatic heterocycles. The third kappa shape index (κ3) is 3.45. The zero-order valence-electron chi connectivity index (χ0n) is 12.7. The SMILES string of the molecule is COc1ccc(C(C)Nc2cc(C)ccc2F)cc1OC. The summed E-state index contributed by atoms with van der Waals surface area (Å²) in [7, 11) is 3.20. The Bertz CT molecular complexity index is 628. The van der Waals surface area contributed by atoms with Crippen LogP contribution in [0, 0.1) is 12.7 Å². The highest BCUT2D eigenvalue weighted by Gasteiger charge is 2.12. The molecule has 1 atom stereocenters. The summed E-state index contributed by atoms with van der Waals surface area (Å²) < 4.78 is 24.3. The summed E-state index contributed by atoms with van der Waals surface area (Å²) in [6.45, 7) is 3.91. The fourth-order valence-electron chi connectivity index (χ4n) is 2.19. The average Bonchev–Trinajstić information content (AvgIpc) is 2.50. The van der Waals surface area contributed by atoms with Crippen LogP contribution < -0.4 is 14.8 Å². The van der Waals surface area contributed by atoms with Crippen molar-refractivity contribution >= 4 is 5.69 Å². The Hall–Kier alpha value is -2.23. The Morgan fingerprint density at radius 2 is 1.71 bits per heavy atom. The van der Waals surface area contributed by atoms with Crippen molar-refractivity contribution in [1.29, 1.82) is 0 Å². The molecule has 0 bridgehead atoms. The first-order chi connectivity index (χ1) is 10.0. The third-order valence-corrected chi connectivity index (χ3v) is 3.40. The Morgan fingerprint density at radius 1 is 1.00 bits per heavy atom. The molecule has 2 aromatic rings. The van der Waals surface area contributed by atoms with E-state index in [1.807, 2.05) is 32.0 Å². The minimum Gasteiger partial charge on any atom is -0.493 e. The molecule has 0 radical (unpaired) electrons. The summed E-state index contributed by atoms with van der Waals surface area (Å²) in [5.74, 6) is 1.08. The second kappa shape index (κ2) is 6.48. The highest BCUT2D eigenvalue weighted by Crippen LogP contribution is 2.31. The van der Waals surface area contributed by atoms with Gasteiger partial charge in [0.2, 0.25) is 0 Å². The van der Waals surface area contributed by atoms with Gasteiger partial charge in [-0.2, -0.15) is 0 Å². The van der Waals surface area contributed by atoms with Gasteiger partial charge in [-0.05, 0) is 49.2 Å². The molecule has 0 aromatic heterocycles. The van der Waals surface area contributed by atoms with E-state index in [0.717, 1.165) is 11.1 Å². The van der Waals surface area contributed by atoms with Gasteiger partial charge in [-0.1, -0.05) is 12.1 Å². The van der Waals surface area contributed by atoms with Crippen LogP contribution in [0.1, 0.15) is 24.1 Å². The number of halogens is 1. The van der Waals surface area contributed by atoms with Crippen molar-refractivity contribution in [2.75, 3.05) is 19.5 Å². The van der Waals surface area contributed by atoms with Crippen molar-refractivity contribution in [3.8, 4) is 11.5 Å². The molecular formula is C17H20FNO2. The van der Waals surface area contributed by atoms with Gasteiger partial charge in [0.15, 0.2) is 11.5 Å². The molecule has 0 amide bonds. The first-order valence-electron chi connectivity index (χ1n) is 6.79. The van der Waals surface area contributed by atoms with E-state index in [4.69, 9.17) is 9.47 Å². The summed E-state index contributed by atoms with van der Waals surface area (Å²) in [4.78, 5) is 0. The van der Waals surface area contributed by atoms with Crippen molar-refractivity contribution in [2.24, 2.45) is 0 Å². The molecule has 1 N–H and O–H groups in total. The van der Waals surface area contributed by atoms with Crippen LogP contribution in [0.5, 0.6) is 11.5 Å². The molecule has 112 valence electrons. The number of hydrogen-bond acceptors (Lipinski definition) is 3. The molecular weight excluding hydrogens is 269 g/mol. The molecule has 2 rings (SSSR count). The lowest BCUT2D eigenvalue weighted by molar-refractivity contribution is 0.354. The van der Waals surface area contributed by atoms with Gasteiger partial charge in [-0.25, -0.2) is 4.39 Å². The molecule has 0 saturated heterocycles. The first-order valence-corrected chi connectivity index (χ1v) is 6.79. The summed E-state index contributed by atoms with van der Waals surface area (Å²) >= 11 is 0. The standard InChI is InChI=1S/C17H20FNO2/c1-11-5-7-14(18)15(9-11)19-12(2)13-6-8-16(20-3)17(10-13)21-4/h5-10,12,19H,1-4H3. The molecule has 1 unspecified atom stereocenters. The van der Waals surface area contributed by atoms with Gasteiger partial charge in [0.1, 0.15) is 5.82 Å². The van der Waals surface area contributed by atoms with Crippen LogP contribution in [0.15, 0.2) is 36.4 Å². The van der Waals surface area contributed by atoms with Crippen LogP contribution in [0.2, 0.25) is 0 Å². The van der Waals surface area contributed by atoms with Gasteiger partial charge < -0.3 is 14.8 Å². The fraction of sp³-hybridized carbons (Fsp3) is 0.294. The number of methoxy groups -OCH3 is 2. The maximum Gasteiger partial charge on any atom is 0.161 e. The normalized spacial score (nSPS) is 11.9. The van der Waals surface area contributed by atoms with Gasteiger partial charge in [-0.15, -0.1) is 0 Å². The van der Waals surface area contributed by atoms with Crippen molar-refractivity contribution in [3.63, 3.8) is 0 Å². The van der Waals surface area contributed by atoms with E-state index in [9.17, 15) is 4.39 Å². The number of anilines is 1. The number of hydrogen-bond donors (Lipinski definition) is 1. The van der Waals surface area contributed by atoms with E-state index in [2.05, 4.69) is 5.32 Å². The number of nitrogens with one attached hydrogen (secondary N) is 1. The van der Waals surface area contributed by atoms with Crippen molar-refractivity contribution in [3.05, 3.63) is 53.3 Å². The minimum absolute atomic E-state index is 0.0545. The second-order valence-electron chi connectivity index (χ2n) is 4.96. The third-order valence-electron chi connectivity index (χ3n) is 3.40. The molecule has 0 aliphatic rings. The Kier molecular flexibility index (Phi) is 4.68. The maximum atomic E-state index is 13.8. The summed E-state index contributed by atoms with van der Waals surface area (Å²) in [5, 5.41) is 3.18. The van der Waals surface area contributed by atoms with E-state index in [-0.39, 0.29) is 11.9 Å². The summed E-state index contributed by atoms with van der Waals surface area (Å²) in [5.41, 5.74) is 2.50. The number of aryl methyl sites for hydroxylation is 1. The molecule has 2 aromatic carbocycles. The zero-order chi connectivity index (χ0) is 15.4. The molecule has 21 heavy (non-hydrogen) atoms. The molecule has 0 aliphatic carbocycles. The van der Waals surface area contributed by atoms with Crippen molar-refractivity contribution in [2.45, 2.75) is 19.9 Å². The highest BCUT2D eigenvalue weighted by molar-refractivity contribution is 5.50. The molecule has 0 heterocycles. The van der Waals surface area contributed by atoms with E-state index >= 15 is 0 Å². The number of ether oxygens (including phenoxy) is 2. The lowest BCUT2D eigenvalue weighted by atomic mass is 10.1. The summed E-state index contributed by atoms with van der Waals surface area (Å²) in [6, 6.07) is 10.6. The predicted octanol–water partition coefficient (Wildman–Crippen LogP) is 4.32. The quantitative estimate of drug-likeness (QED) is 0.889. The van der Waals surface area contributed by atoms with Gasteiger partial charge in [-0.3, -0.25) is 0 Å². The van der Waals surface area contributed by atoms with Crippen LogP contribution in [0.25, 0.3) is 0 Å². The topological polar surface area (TPSA) is 30.5 Å². The summed E-state index contributed by atoms with van der Waals surface area (Å²) in [6.07, 6.45) is 0. The Balaban J connectivity index is 2.24. The van der Waals surface area contributed by atoms with Gasteiger partial charge in [0, 0.05) is 6.04 Å². The predicted molar refractivity (Wildman–Crippen MR) is 82.7 cm³/mol. The lowest BCUT2D eigenvalue weighted by Gasteiger charge is -2.18. The van der Waals surface area contributed by atoms with Gasteiger partial charge >= 0.3 is 0 Å². The molecule has 3 nitrogen and oxygen atoms in total. The monoisotopic (exact) mass is 289 g/mol. The first kappa shape index (κ1) is 15.2. The molecule has 0 spiro atoms. The van der Waals surface area contributed by atoms with E-state index in [1.54, 1.807) is 26.4 Å². The van der Waals surface area contributed by atoms with Gasteiger partial charge in [0.25, 0.3) is 0 Å². The lowest BCUT2D eigenvalue weighted by Crippen LogP contribution is -2.08. The largest absolute Gasteiger partial charge is 0.493 e. The highest BCUT2D eigenvalue weighted by atomic mass is 19.1. The Labute approximate surface area is 124 Å². The van der Waals surface area contributed by atoms with Crippen molar-refractivity contribution in [1.82, 2.24) is 0 Å². The van der Waals surface area contributed by atoms with Gasteiger partial charge in [0.05, 0.1) is 19.9 Å². The van der Waals surface area contributed by atoms with Crippen LogP contribution >= 0.6 is 0 Å². The molecule has 0 saturated carbocycles. The molecule has 0 fully saturated rings.